The molecule has 0 spiro atoms. The first-order valence-electron chi connectivity index (χ1n) is 7.94. The zero-order valence-electron chi connectivity index (χ0n) is 14.5. The van der Waals surface area contributed by atoms with Crippen molar-refractivity contribution in [2.75, 3.05) is 7.05 Å². The number of sulfonamides is 1. The molecule has 0 aliphatic carbocycles. The molecule has 0 atom stereocenters. The van der Waals surface area contributed by atoms with Gasteiger partial charge >= 0.3 is 0 Å². The molecule has 0 fully saturated rings. The van der Waals surface area contributed by atoms with E-state index in [2.05, 4.69) is 5.32 Å². The summed E-state index contributed by atoms with van der Waals surface area (Å²) in [5.41, 5.74) is 1.49. The van der Waals surface area contributed by atoms with E-state index < -0.39 is 10.0 Å². The fourth-order valence-corrected chi connectivity index (χ4v) is 4.38. The Morgan fingerprint density at radius 1 is 1.08 bits per heavy atom. The van der Waals surface area contributed by atoms with Crippen molar-refractivity contribution < 1.29 is 8.42 Å². The van der Waals surface area contributed by atoms with Crippen LogP contribution in [0.5, 0.6) is 0 Å². The minimum Gasteiger partial charge on any atom is -0.310 e. The van der Waals surface area contributed by atoms with E-state index in [1.807, 2.05) is 44.2 Å². The monoisotopic (exact) mass is 400 g/mol. The van der Waals surface area contributed by atoms with Gasteiger partial charge in [0.25, 0.3) is 0 Å². The molecule has 4 nitrogen and oxygen atoms in total. The summed E-state index contributed by atoms with van der Waals surface area (Å²) in [6.07, 6.45) is 0. The Kier molecular flexibility index (Phi) is 6.88. The van der Waals surface area contributed by atoms with E-state index >= 15 is 0 Å². The molecule has 0 saturated heterocycles. The van der Waals surface area contributed by atoms with Gasteiger partial charge in [-0.3, -0.25) is 0 Å². The molecule has 0 bridgehead atoms. The Balaban J connectivity index is 2.33. The molecule has 0 amide bonds. The number of hydrogen-bond donors (Lipinski definition) is 1. The van der Waals surface area contributed by atoms with Crippen LogP contribution in [0.4, 0.5) is 0 Å². The zero-order valence-corrected chi connectivity index (χ0v) is 16.8. The van der Waals surface area contributed by atoms with Crippen molar-refractivity contribution in [1.29, 1.82) is 0 Å². The Bertz CT molecular complexity index is 824. The maximum absolute atomic E-state index is 12.9. The Labute approximate surface area is 159 Å². The number of benzene rings is 2. The molecule has 0 unspecified atom stereocenters. The lowest BCUT2D eigenvalue weighted by atomic mass is 10.2. The first-order chi connectivity index (χ1) is 11.7. The van der Waals surface area contributed by atoms with Gasteiger partial charge < -0.3 is 5.32 Å². The maximum Gasteiger partial charge on any atom is 0.244 e. The van der Waals surface area contributed by atoms with E-state index in [0.29, 0.717) is 17.1 Å². The second-order valence-electron chi connectivity index (χ2n) is 6.12. The summed E-state index contributed by atoms with van der Waals surface area (Å²) in [5, 5.41) is 3.83. The smallest absolute Gasteiger partial charge is 0.244 e. The topological polar surface area (TPSA) is 49.4 Å². The molecule has 0 radical (unpaired) electrons. The van der Waals surface area contributed by atoms with Gasteiger partial charge in [0.15, 0.2) is 0 Å². The van der Waals surface area contributed by atoms with Crippen LogP contribution in [-0.2, 0) is 23.1 Å². The van der Waals surface area contributed by atoms with Crippen molar-refractivity contribution >= 4 is 33.2 Å². The molecule has 25 heavy (non-hydrogen) atoms. The normalized spacial score (nSPS) is 12.1. The van der Waals surface area contributed by atoms with E-state index in [-0.39, 0.29) is 22.5 Å². The molecule has 0 saturated carbocycles. The predicted octanol–water partition coefficient (Wildman–Crippen LogP) is 4.31. The summed E-state index contributed by atoms with van der Waals surface area (Å²) in [5.74, 6) is 0. The summed E-state index contributed by atoms with van der Waals surface area (Å²) in [6, 6.07) is 12.7. The van der Waals surface area contributed by atoms with Crippen LogP contribution < -0.4 is 5.32 Å². The fraction of sp³-hybridized carbons (Fsp3) is 0.333. The van der Waals surface area contributed by atoms with Gasteiger partial charge in [0, 0.05) is 36.8 Å². The summed E-state index contributed by atoms with van der Waals surface area (Å²) < 4.78 is 27.2. The van der Waals surface area contributed by atoms with Gasteiger partial charge in [-0.15, -0.1) is 0 Å². The molecule has 7 heteroatoms. The van der Waals surface area contributed by atoms with E-state index in [1.54, 1.807) is 13.1 Å². The van der Waals surface area contributed by atoms with Crippen molar-refractivity contribution in [3.63, 3.8) is 0 Å². The van der Waals surface area contributed by atoms with Crippen LogP contribution in [0.1, 0.15) is 25.0 Å². The van der Waals surface area contributed by atoms with Crippen molar-refractivity contribution in [3.05, 3.63) is 63.6 Å². The van der Waals surface area contributed by atoms with Crippen LogP contribution in [0.25, 0.3) is 0 Å². The van der Waals surface area contributed by atoms with Gasteiger partial charge in [-0.05, 0) is 17.7 Å². The predicted molar refractivity (Wildman–Crippen MR) is 104 cm³/mol. The molecule has 2 aromatic rings. The number of rotatable bonds is 7. The summed E-state index contributed by atoms with van der Waals surface area (Å²) in [6.45, 7) is 4.66. The molecule has 2 rings (SSSR count). The van der Waals surface area contributed by atoms with Crippen LogP contribution in [0.3, 0.4) is 0 Å². The third-order valence-electron chi connectivity index (χ3n) is 3.77. The van der Waals surface area contributed by atoms with Gasteiger partial charge in [0.2, 0.25) is 10.0 Å². The molecule has 0 aliphatic heterocycles. The van der Waals surface area contributed by atoms with E-state index in [4.69, 9.17) is 23.2 Å². The molecule has 2 aromatic carbocycles. The lowest BCUT2D eigenvalue weighted by molar-refractivity contribution is 0.466. The largest absolute Gasteiger partial charge is 0.310 e. The second kappa shape index (κ2) is 8.52. The molecule has 1 N–H and O–H groups in total. The standard InChI is InChI=1S/C18H22Cl2N2O2S/c1-13(2)21-11-15-16(19)9-10-17(18(15)20)25(23,24)22(3)12-14-7-5-4-6-8-14/h4-10,13,21H,11-12H2,1-3H3. The molecule has 0 aliphatic rings. The third-order valence-corrected chi connectivity index (χ3v) is 6.52. The molecular weight excluding hydrogens is 379 g/mol. The quantitative estimate of drug-likeness (QED) is 0.752. The molecule has 136 valence electrons. The van der Waals surface area contributed by atoms with Crippen molar-refractivity contribution in [3.8, 4) is 0 Å². The fourth-order valence-electron chi connectivity index (χ4n) is 2.34. The van der Waals surface area contributed by atoms with Crippen molar-refractivity contribution in [2.24, 2.45) is 0 Å². The van der Waals surface area contributed by atoms with E-state index in [9.17, 15) is 8.42 Å². The highest BCUT2D eigenvalue weighted by atomic mass is 35.5. The first-order valence-corrected chi connectivity index (χ1v) is 10.1. The third kappa shape index (κ3) is 4.96. The van der Waals surface area contributed by atoms with Crippen LogP contribution >= 0.6 is 23.2 Å². The number of halogens is 2. The van der Waals surface area contributed by atoms with Gasteiger partial charge in [0.05, 0.1) is 5.02 Å². The summed E-state index contributed by atoms with van der Waals surface area (Å²) >= 11 is 12.6. The number of nitrogens with one attached hydrogen (secondary N) is 1. The minimum absolute atomic E-state index is 0.0672. The SMILES string of the molecule is CC(C)NCc1c(Cl)ccc(S(=O)(=O)N(C)Cc2ccccc2)c1Cl. The summed E-state index contributed by atoms with van der Waals surface area (Å²) in [7, 11) is -2.19. The van der Waals surface area contributed by atoms with Crippen molar-refractivity contribution in [2.45, 2.75) is 37.9 Å². The average Bonchev–Trinajstić information content (AvgIpc) is 2.55. The minimum atomic E-state index is -3.73. The van der Waals surface area contributed by atoms with Crippen molar-refractivity contribution in [1.82, 2.24) is 9.62 Å². The highest BCUT2D eigenvalue weighted by molar-refractivity contribution is 7.89. The highest BCUT2D eigenvalue weighted by Gasteiger charge is 2.26. The maximum atomic E-state index is 12.9. The lowest BCUT2D eigenvalue weighted by Gasteiger charge is -2.20. The molecule has 0 aromatic heterocycles. The van der Waals surface area contributed by atoms with Crippen LogP contribution in [0.15, 0.2) is 47.4 Å². The van der Waals surface area contributed by atoms with Crippen LogP contribution in [-0.4, -0.2) is 25.8 Å². The van der Waals surface area contributed by atoms with Crippen LogP contribution in [0.2, 0.25) is 10.0 Å². The van der Waals surface area contributed by atoms with Crippen LogP contribution in [0, 0.1) is 0 Å². The van der Waals surface area contributed by atoms with Gasteiger partial charge in [-0.25, -0.2) is 8.42 Å². The zero-order chi connectivity index (χ0) is 18.6. The Morgan fingerprint density at radius 3 is 2.32 bits per heavy atom. The van der Waals surface area contributed by atoms with Gasteiger partial charge in [0.1, 0.15) is 4.90 Å². The summed E-state index contributed by atoms with van der Waals surface area (Å²) in [4.78, 5) is 0.0672. The molecular formula is C18H22Cl2N2O2S. The van der Waals surface area contributed by atoms with Gasteiger partial charge in [-0.2, -0.15) is 4.31 Å². The van der Waals surface area contributed by atoms with E-state index in [1.165, 1.54) is 10.4 Å². The van der Waals surface area contributed by atoms with Gasteiger partial charge in [-0.1, -0.05) is 67.4 Å². The Morgan fingerprint density at radius 2 is 1.72 bits per heavy atom. The van der Waals surface area contributed by atoms with E-state index in [0.717, 1.165) is 5.56 Å². The first kappa shape index (κ1) is 20.2. The molecule has 0 heterocycles. The lowest BCUT2D eigenvalue weighted by Crippen LogP contribution is -2.27. The Hall–Kier alpha value is -1.11. The number of nitrogens with zero attached hydrogens (tertiary/aromatic N) is 1. The second-order valence-corrected chi connectivity index (χ2v) is 8.92. The number of hydrogen-bond acceptors (Lipinski definition) is 3. The average molecular weight is 401 g/mol. The highest BCUT2D eigenvalue weighted by Crippen LogP contribution is 2.32.